The molecule has 8 nitrogen and oxygen atoms in total. The molecule has 0 spiro atoms. The summed E-state index contributed by atoms with van der Waals surface area (Å²) in [5, 5.41) is 3.75. The average Bonchev–Trinajstić information content (AvgIpc) is 2.79. The molecule has 0 amide bonds. The van der Waals surface area contributed by atoms with Crippen LogP contribution in [-0.4, -0.2) is 39.0 Å². The van der Waals surface area contributed by atoms with Gasteiger partial charge in [-0.2, -0.15) is 9.36 Å². The van der Waals surface area contributed by atoms with E-state index in [9.17, 15) is 9.59 Å². The van der Waals surface area contributed by atoms with Crippen LogP contribution >= 0.6 is 11.5 Å². The number of aromatic nitrogens is 2. The number of esters is 1. The zero-order valence-corrected chi connectivity index (χ0v) is 13.1. The molecule has 0 bridgehead atoms. The van der Waals surface area contributed by atoms with E-state index >= 15 is 0 Å². The van der Waals surface area contributed by atoms with E-state index in [1.165, 1.54) is 0 Å². The standard InChI is InChI=1S/C12H17N4O4S/c1-5-8(10(18)19-12(2,3)4)20-15-7(6-17)9-14-11(13)21-16-9/h8H,5H2,1-4H3,(H2,13,14,16)/b15-7+. The molecule has 1 radical (unpaired) electrons. The van der Waals surface area contributed by atoms with Gasteiger partial charge in [0.1, 0.15) is 5.60 Å². The molecule has 1 rings (SSSR count). The lowest BCUT2D eigenvalue weighted by Gasteiger charge is -2.22. The first kappa shape index (κ1) is 17.0. The highest BCUT2D eigenvalue weighted by Gasteiger charge is 2.26. The Morgan fingerprint density at radius 2 is 2.19 bits per heavy atom. The Balaban J connectivity index is 2.78. The van der Waals surface area contributed by atoms with Crippen molar-refractivity contribution in [1.29, 1.82) is 0 Å². The number of anilines is 1. The highest BCUT2D eigenvalue weighted by Crippen LogP contribution is 2.12. The van der Waals surface area contributed by atoms with Gasteiger partial charge in [0.25, 0.3) is 6.29 Å². The van der Waals surface area contributed by atoms with Gasteiger partial charge in [-0.05, 0) is 27.2 Å². The normalized spacial score (nSPS) is 13.6. The zero-order chi connectivity index (χ0) is 16.0. The van der Waals surface area contributed by atoms with Crippen LogP contribution in [0.15, 0.2) is 5.16 Å². The fourth-order valence-corrected chi connectivity index (χ4v) is 1.64. The van der Waals surface area contributed by atoms with Crippen molar-refractivity contribution < 1.29 is 19.2 Å². The second-order valence-electron chi connectivity index (χ2n) is 5.03. The lowest BCUT2D eigenvalue weighted by molar-refractivity contribution is -0.168. The van der Waals surface area contributed by atoms with Crippen LogP contribution in [0.2, 0.25) is 0 Å². The van der Waals surface area contributed by atoms with Crippen molar-refractivity contribution in [3.8, 4) is 0 Å². The molecule has 1 atom stereocenters. The maximum Gasteiger partial charge on any atom is 0.350 e. The van der Waals surface area contributed by atoms with Gasteiger partial charge >= 0.3 is 5.97 Å². The van der Waals surface area contributed by atoms with Crippen molar-refractivity contribution in [1.82, 2.24) is 9.36 Å². The van der Waals surface area contributed by atoms with Crippen LogP contribution in [0.4, 0.5) is 5.13 Å². The van der Waals surface area contributed by atoms with Gasteiger partial charge in [-0.3, -0.25) is 4.79 Å². The molecule has 0 aliphatic heterocycles. The van der Waals surface area contributed by atoms with Gasteiger partial charge in [0.05, 0.1) is 0 Å². The van der Waals surface area contributed by atoms with E-state index in [0.717, 1.165) is 11.5 Å². The molecule has 115 valence electrons. The van der Waals surface area contributed by atoms with Crippen molar-refractivity contribution in [2.75, 3.05) is 5.73 Å². The quantitative estimate of drug-likeness (QED) is 0.474. The molecule has 1 aromatic heterocycles. The first-order chi connectivity index (χ1) is 9.76. The van der Waals surface area contributed by atoms with E-state index in [1.54, 1.807) is 34.0 Å². The third-order valence-electron chi connectivity index (χ3n) is 2.06. The Kier molecular flexibility index (Phi) is 5.77. The van der Waals surface area contributed by atoms with Crippen LogP contribution in [0.25, 0.3) is 0 Å². The fraction of sp³-hybridized carbons (Fsp3) is 0.583. The maximum atomic E-state index is 11.9. The molecule has 0 fully saturated rings. The number of oxime groups is 1. The third kappa shape index (κ3) is 5.46. The monoisotopic (exact) mass is 313 g/mol. The van der Waals surface area contributed by atoms with E-state index in [4.69, 9.17) is 15.3 Å². The number of nitrogen functional groups attached to an aromatic ring is 1. The van der Waals surface area contributed by atoms with Gasteiger partial charge in [-0.1, -0.05) is 12.1 Å². The molecule has 0 aliphatic rings. The Labute approximate surface area is 126 Å². The molecule has 1 unspecified atom stereocenters. The number of nitrogens with two attached hydrogens (primary N) is 1. The van der Waals surface area contributed by atoms with Crippen molar-refractivity contribution in [3.05, 3.63) is 5.82 Å². The van der Waals surface area contributed by atoms with Gasteiger partial charge < -0.3 is 15.3 Å². The molecule has 0 aromatic carbocycles. The van der Waals surface area contributed by atoms with Gasteiger partial charge in [0.15, 0.2) is 10.8 Å². The predicted octanol–water partition coefficient (Wildman–Crippen LogP) is 1.07. The van der Waals surface area contributed by atoms with Crippen LogP contribution in [0.1, 0.15) is 39.9 Å². The van der Waals surface area contributed by atoms with E-state index in [0.29, 0.717) is 6.42 Å². The maximum absolute atomic E-state index is 11.9. The Morgan fingerprint density at radius 1 is 1.52 bits per heavy atom. The van der Waals surface area contributed by atoms with Gasteiger partial charge in [-0.25, -0.2) is 4.79 Å². The SMILES string of the molecule is CCC(O/N=C(\[C]=O)c1nsc(N)n1)C(=O)OC(C)(C)C. The van der Waals surface area contributed by atoms with Crippen molar-refractivity contribution in [2.45, 2.75) is 45.8 Å². The van der Waals surface area contributed by atoms with E-state index < -0.39 is 17.7 Å². The number of ether oxygens (including phenoxy) is 1. The first-order valence-corrected chi connectivity index (χ1v) is 6.98. The Morgan fingerprint density at radius 3 is 2.62 bits per heavy atom. The van der Waals surface area contributed by atoms with Gasteiger partial charge in [0.2, 0.25) is 11.9 Å². The molecule has 0 saturated carbocycles. The van der Waals surface area contributed by atoms with Crippen LogP contribution in [0.5, 0.6) is 0 Å². The topological polar surface area (TPSA) is 117 Å². The van der Waals surface area contributed by atoms with Crippen molar-refractivity contribution >= 4 is 34.6 Å². The highest BCUT2D eigenvalue weighted by molar-refractivity contribution is 7.09. The smallest absolute Gasteiger partial charge is 0.350 e. The molecule has 1 heterocycles. The van der Waals surface area contributed by atoms with Crippen LogP contribution < -0.4 is 5.73 Å². The van der Waals surface area contributed by atoms with Crippen LogP contribution in [-0.2, 0) is 19.2 Å². The van der Waals surface area contributed by atoms with Crippen LogP contribution in [0.3, 0.4) is 0 Å². The highest BCUT2D eigenvalue weighted by atomic mass is 32.1. The summed E-state index contributed by atoms with van der Waals surface area (Å²) < 4.78 is 9.00. The number of rotatable bonds is 6. The molecule has 0 aliphatic carbocycles. The number of carbonyl (C=O) groups is 1. The summed E-state index contributed by atoms with van der Waals surface area (Å²) in [6, 6.07) is 0. The molecular weight excluding hydrogens is 296 g/mol. The molecule has 9 heteroatoms. The largest absolute Gasteiger partial charge is 0.457 e. The summed E-state index contributed by atoms with van der Waals surface area (Å²) in [6.07, 6.45) is 0.951. The summed E-state index contributed by atoms with van der Waals surface area (Å²) in [7, 11) is 0. The van der Waals surface area contributed by atoms with Gasteiger partial charge in [0, 0.05) is 11.5 Å². The van der Waals surface area contributed by atoms with E-state index in [2.05, 4.69) is 14.5 Å². The van der Waals surface area contributed by atoms with E-state index in [-0.39, 0.29) is 16.7 Å². The second-order valence-corrected chi connectivity index (χ2v) is 5.82. The zero-order valence-electron chi connectivity index (χ0n) is 12.2. The summed E-state index contributed by atoms with van der Waals surface area (Å²) in [5.41, 5.74) is 4.52. The minimum atomic E-state index is -0.927. The summed E-state index contributed by atoms with van der Waals surface area (Å²) in [6.45, 7) is 6.96. The summed E-state index contributed by atoms with van der Waals surface area (Å²) in [4.78, 5) is 31.5. The minimum Gasteiger partial charge on any atom is -0.457 e. The lowest BCUT2D eigenvalue weighted by atomic mass is 10.2. The molecule has 21 heavy (non-hydrogen) atoms. The predicted molar refractivity (Wildman–Crippen MR) is 77.6 cm³/mol. The summed E-state index contributed by atoms with van der Waals surface area (Å²) in [5.74, 6) is -0.559. The minimum absolute atomic E-state index is 0.00606. The fourth-order valence-electron chi connectivity index (χ4n) is 1.20. The second kappa shape index (κ2) is 7.11. The Bertz CT molecular complexity index is 536. The lowest BCUT2D eigenvalue weighted by Crippen LogP contribution is -2.32. The molecular formula is C12H17N4O4S. The number of hydrogen-bond donors (Lipinski definition) is 1. The number of hydrogen-bond acceptors (Lipinski definition) is 9. The molecule has 1 aromatic rings. The molecule has 2 N–H and O–H groups in total. The molecule has 0 saturated heterocycles. The van der Waals surface area contributed by atoms with Crippen molar-refractivity contribution in [3.63, 3.8) is 0 Å². The van der Waals surface area contributed by atoms with Crippen LogP contribution in [0, 0.1) is 0 Å². The third-order valence-corrected chi connectivity index (χ3v) is 2.60. The number of nitrogens with zero attached hydrogens (tertiary/aromatic N) is 3. The first-order valence-electron chi connectivity index (χ1n) is 6.21. The Hall–Kier alpha value is -2.03. The number of carbonyl (C=O) groups excluding carboxylic acids is 2. The average molecular weight is 313 g/mol. The summed E-state index contributed by atoms with van der Waals surface area (Å²) >= 11 is 0.912. The van der Waals surface area contributed by atoms with Crippen molar-refractivity contribution in [2.24, 2.45) is 5.16 Å². The van der Waals surface area contributed by atoms with Gasteiger partial charge in [-0.15, -0.1) is 0 Å². The van der Waals surface area contributed by atoms with E-state index in [1.807, 2.05) is 0 Å².